The Labute approximate surface area is 155 Å². The van der Waals surface area contributed by atoms with E-state index in [9.17, 15) is 14.7 Å². The Kier molecular flexibility index (Phi) is 4.14. The average molecular weight is 384 g/mol. The van der Waals surface area contributed by atoms with Gasteiger partial charge in [0.15, 0.2) is 0 Å². The monoisotopic (exact) mass is 384 g/mol. The number of nitrogens with zero attached hydrogens (tertiary/aromatic N) is 2. The number of carboxylic acids is 1. The zero-order chi connectivity index (χ0) is 18.3. The van der Waals surface area contributed by atoms with Gasteiger partial charge in [-0.15, -0.1) is 22.7 Å². The van der Waals surface area contributed by atoms with Crippen molar-refractivity contribution in [1.82, 2.24) is 9.97 Å². The number of methoxy groups -OCH3 is 1. The van der Waals surface area contributed by atoms with Gasteiger partial charge in [-0.3, -0.25) is 0 Å². The van der Waals surface area contributed by atoms with E-state index in [1.54, 1.807) is 23.7 Å². The van der Waals surface area contributed by atoms with Crippen LogP contribution in [0.3, 0.4) is 0 Å². The summed E-state index contributed by atoms with van der Waals surface area (Å²) >= 11 is 2.68. The normalized spacial score (nSPS) is 11.1. The van der Waals surface area contributed by atoms with E-state index < -0.39 is 11.9 Å². The zero-order valence-electron chi connectivity index (χ0n) is 13.6. The highest BCUT2D eigenvalue weighted by Gasteiger charge is 2.19. The molecule has 0 atom stereocenters. The molecule has 0 amide bonds. The fourth-order valence-corrected chi connectivity index (χ4v) is 4.79. The van der Waals surface area contributed by atoms with Crippen molar-refractivity contribution in [2.24, 2.45) is 0 Å². The van der Waals surface area contributed by atoms with Gasteiger partial charge < -0.3 is 9.84 Å². The van der Waals surface area contributed by atoms with Gasteiger partial charge in [-0.25, -0.2) is 19.6 Å². The molecule has 2 aromatic heterocycles. The molecule has 6 nitrogen and oxygen atoms in total. The molecule has 0 unspecified atom stereocenters. The molecule has 0 saturated carbocycles. The van der Waals surface area contributed by atoms with Crippen molar-refractivity contribution in [2.45, 2.75) is 6.42 Å². The van der Waals surface area contributed by atoms with Crippen LogP contribution in [-0.4, -0.2) is 34.1 Å². The second-order valence-electron chi connectivity index (χ2n) is 5.54. The van der Waals surface area contributed by atoms with Crippen LogP contribution in [0.1, 0.15) is 31.3 Å². The topological polar surface area (TPSA) is 89.4 Å². The summed E-state index contributed by atoms with van der Waals surface area (Å²) in [4.78, 5) is 32.4. The van der Waals surface area contributed by atoms with E-state index in [2.05, 4.69) is 9.97 Å². The molecule has 130 valence electrons. The van der Waals surface area contributed by atoms with Crippen LogP contribution < -0.4 is 0 Å². The molecule has 26 heavy (non-hydrogen) atoms. The lowest BCUT2D eigenvalue weighted by atomic mass is 10.0. The third kappa shape index (κ3) is 2.73. The van der Waals surface area contributed by atoms with Crippen LogP contribution in [0.15, 0.2) is 35.8 Å². The summed E-state index contributed by atoms with van der Waals surface area (Å²) in [6.07, 6.45) is 0.370. The number of thiazole rings is 2. The lowest BCUT2D eigenvalue weighted by Gasteiger charge is -2.05. The van der Waals surface area contributed by atoms with Gasteiger partial charge in [0.1, 0.15) is 0 Å². The Morgan fingerprint density at radius 3 is 2.77 bits per heavy atom. The number of carbonyl (C=O) groups excluding carboxylic acids is 1. The molecule has 0 fully saturated rings. The highest BCUT2D eigenvalue weighted by molar-refractivity contribution is 7.19. The zero-order valence-corrected chi connectivity index (χ0v) is 15.2. The van der Waals surface area contributed by atoms with Crippen molar-refractivity contribution in [3.8, 4) is 0 Å². The number of ether oxygens (including phenoxy) is 1. The lowest BCUT2D eigenvalue weighted by molar-refractivity contribution is 0.0602. The first kappa shape index (κ1) is 16.6. The molecule has 0 spiro atoms. The summed E-state index contributed by atoms with van der Waals surface area (Å²) in [5.41, 5.74) is 4.41. The molecule has 0 aliphatic heterocycles. The number of carboxylic acid groups (broad SMARTS) is 1. The van der Waals surface area contributed by atoms with Crippen LogP contribution >= 0.6 is 22.7 Å². The minimum atomic E-state index is -0.980. The van der Waals surface area contributed by atoms with Crippen LogP contribution in [0.4, 0.5) is 0 Å². The highest BCUT2D eigenvalue weighted by atomic mass is 32.1. The molecule has 4 aromatic rings. The number of rotatable bonds is 4. The fourth-order valence-electron chi connectivity index (χ4n) is 2.86. The summed E-state index contributed by atoms with van der Waals surface area (Å²) in [5.74, 6) is -1.39. The van der Waals surface area contributed by atoms with E-state index >= 15 is 0 Å². The first-order valence-electron chi connectivity index (χ1n) is 7.63. The Hall–Kier alpha value is -2.84. The summed E-state index contributed by atoms with van der Waals surface area (Å²) in [7, 11) is 1.34. The molecular formula is C18H12N2O4S2. The van der Waals surface area contributed by atoms with Crippen LogP contribution in [0, 0.1) is 0 Å². The first-order valence-corrected chi connectivity index (χ1v) is 9.33. The lowest BCUT2D eigenvalue weighted by Crippen LogP contribution is -2.03. The van der Waals surface area contributed by atoms with E-state index in [4.69, 9.17) is 4.74 Å². The first-order chi connectivity index (χ1) is 12.6. The van der Waals surface area contributed by atoms with E-state index in [0.717, 1.165) is 9.71 Å². The second kappa shape index (κ2) is 6.47. The average Bonchev–Trinajstić information content (AvgIpc) is 3.26. The minimum Gasteiger partial charge on any atom is -0.478 e. The van der Waals surface area contributed by atoms with Gasteiger partial charge in [0.2, 0.25) is 0 Å². The van der Waals surface area contributed by atoms with Crippen LogP contribution in [-0.2, 0) is 11.2 Å². The van der Waals surface area contributed by atoms with E-state index in [-0.39, 0.29) is 5.56 Å². The molecule has 8 heteroatoms. The number of esters is 1. The van der Waals surface area contributed by atoms with Crippen molar-refractivity contribution < 1.29 is 19.4 Å². The van der Waals surface area contributed by atoms with Crippen molar-refractivity contribution in [1.29, 1.82) is 0 Å². The fraction of sp³-hybridized carbons (Fsp3) is 0.111. The molecule has 4 rings (SSSR count). The Morgan fingerprint density at radius 1 is 1.15 bits per heavy atom. The summed E-state index contributed by atoms with van der Waals surface area (Å²) in [6.45, 7) is 0. The largest absolute Gasteiger partial charge is 0.478 e. The Bertz CT molecular complexity index is 1160. The maximum Gasteiger partial charge on any atom is 0.339 e. The summed E-state index contributed by atoms with van der Waals surface area (Å²) in [5, 5.41) is 10.4. The number of fused-ring (bicyclic) bond motifs is 2. The second-order valence-corrected chi connectivity index (χ2v) is 7.47. The molecule has 2 heterocycles. The number of benzene rings is 2. The van der Waals surface area contributed by atoms with Gasteiger partial charge in [-0.2, -0.15) is 0 Å². The maximum atomic E-state index is 11.9. The van der Waals surface area contributed by atoms with Crippen molar-refractivity contribution in [3.05, 3.63) is 57.5 Å². The number of aromatic nitrogens is 2. The van der Waals surface area contributed by atoms with Crippen molar-refractivity contribution in [2.75, 3.05) is 7.11 Å². The van der Waals surface area contributed by atoms with Gasteiger partial charge in [-0.05, 0) is 23.8 Å². The number of hydrogen-bond acceptors (Lipinski definition) is 7. The SMILES string of the molecule is COC(=O)c1cccc2nc(Cc3ccc4ncsc4c3C(=O)O)sc12. The predicted molar refractivity (Wildman–Crippen MR) is 100 cm³/mol. The molecule has 1 N–H and O–H groups in total. The van der Waals surface area contributed by atoms with E-state index in [1.807, 2.05) is 12.1 Å². The molecule has 0 aliphatic carbocycles. The Morgan fingerprint density at radius 2 is 2.00 bits per heavy atom. The minimum absolute atomic E-state index is 0.262. The highest BCUT2D eigenvalue weighted by Crippen LogP contribution is 2.31. The molecule has 0 aliphatic rings. The molecule has 0 saturated heterocycles. The van der Waals surface area contributed by atoms with Crippen molar-refractivity contribution >= 4 is 55.0 Å². The smallest absolute Gasteiger partial charge is 0.339 e. The van der Waals surface area contributed by atoms with Gasteiger partial charge in [0.05, 0.1) is 49.2 Å². The quantitative estimate of drug-likeness (QED) is 0.535. The molecule has 0 radical (unpaired) electrons. The molecule has 2 aromatic carbocycles. The number of aromatic carboxylic acids is 1. The van der Waals surface area contributed by atoms with Gasteiger partial charge in [0.25, 0.3) is 0 Å². The number of hydrogen-bond donors (Lipinski definition) is 1. The van der Waals surface area contributed by atoms with E-state index in [0.29, 0.717) is 33.3 Å². The maximum absolute atomic E-state index is 11.9. The molecular weight excluding hydrogens is 372 g/mol. The Balaban J connectivity index is 1.81. The van der Waals surface area contributed by atoms with Crippen LogP contribution in [0.5, 0.6) is 0 Å². The molecule has 0 bridgehead atoms. The van der Waals surface area contributed by atoms with Gasteiger partial charge >= 0.3 is 11.9 Å². The van der Waals surface area contributed by atoms with Gasteiger partial charge in [0, 0.05) is 6.42 Å². The van der Waals surface area contributed by atoms with Crippen LogP contribution in [0.25, 0.3) is 20.4 Å². The van der Waals surface area contributed by atoms with E-state index in [1.165, 1.54) is 29.8 Å². The van der Waals surface area contributed by atoms with Crippen molar-refractivity contribution in [3.63, 3.8) is 0 Å². The summed E-state index contributed by atoms with van der Waals surface area (Å²) < 4.78 is 6.22. The third-order valence-electron chi connectivity index (χ3n) is 4.01. The standard InChI is InChI=1S/C18H12N2O4S2/c1-24-18(23)10-3-2-4-12-15(10)26-13(20-12)7-9-5-6-11-16(25-8-19-11)14(9)17(21)22/h2-6,8H,7H2,1H3,(H,21,22). The number of carbonyl (C=O) groups is 2. The van der Waals surface area contributed by atoms with Crippen LogP contribution in [0.2, 0.25) is 0 Å². The predicted octanol–water partition coefficient (Wildman–Crippen LogP) is 3.98. The summed E-state index contributed by atoms with van der Waals surface area (Å²) in [6, 6.07) is 8.87. The van der Waals surface area contributed by atoms with Gasteiger partial charge in [-0.1, -0.05) is 12.1 Å². The third-order valence-corrected chi connectivity index (χ3v) is 5.97.